The standard InChI is InChI=1S/C19H25N3O3/c1-21(12-15-7-5-4-6-8-15)13-16-11-17(20-25-16)18(23)22(2)19(9-10-19)14-24-3/h4-8,11H,9-10,12-14H2,1-3H3. The molecule has 1 amide bonds. The number of benzene rings is 1. The first-order valence-corrected chi connectivity index (χ1v) is 8.49. The molecule has 25 heavy (non-hydrogen) atoms. The predicted octanol–water partition coefficient (Wildman–Crippen LogP) is 2.56. The van der Waals surface area contributed by atoms with Gasteiger partial charge in [0.2, 0.25) is 0 Å². The van der Waals surface area contributed by atoms with E-state index in [0.717, 1.165) is 19.4 Å². The highest BCUT2D eigenvalue weighted by molar-refractivity contribution is 5.92. The van der Waals surface area contributed by atoms with E-state index in [1.54, 1.807) is 18.1 Å². The maximum absolute atomic E-state index is 12.6. The Hall–Kier alpha value is -2.18. The zero-order valence-corrected chi connectivity index (χ0v) is 15.1. The number of rotatable bonds is 8. The Morgan fingerprint density at radius 3 is 2.60 bits per heavy atom. The highest BCUT2D eigenvalue weighted by atomic mass is 16.5. The summed E-state index contributed by atoms with van der Waals surface area (Å²) in [6, 6.07) is 12.0. The number of methoxy groups -OCH3 is 1. The van der Waals surface area contributed by atoms with Crippen LogP contribution in [0.25, 0.3) is 0 Å². The van der Waals surface area contributed by atoms with Gasteiger partial charge in [0.1, 0.15) is 0 Å². The molecular formula is C19H25N3O3. The quantitative estimate of drug-likeness (QED) is 0.737. The van der Waals surface area contributed by atoms with Crippen molar-refractivity contribution in [2.75, 3.05) is 27.8 Å². The summed E-state index contributed by atoms with van der Waals surface area (Å²) in [5.41, 5.74) is 1.42. The molecule has 0 unspecified atom stereocenters. The van der Waals surface area contributed by atoms with E-state index in [-0.39, 0.29) is 11.4 Å². The molecule has 0 atom stereocenters. The number of amides is 1. The molecule has 1 aliphatic rings. The second kappa shape index (κ2) is 7.37. The molecule has 0 spiro atoms. The summed E-state index contributed by atoms with van der Waals surface area (Å²) in [7, 11) is 5.49. The van der Waals surface area contributed by atoms with Gasteiger partial charge in [-0.2, -0.15) is 0 Å². The molecule has 1 aromatic carbocycles. The van der Waals surface area contributed by atoms with E-state index in [0.29, 0.717) is 24.6 Å². The third-order valence-corrected chi connectivity index (χ3v) is 4.76. The smallest absolute Gasteiger partial charge is 0.276 e. The fourth-order valence-electron chi connectivity index (χ4n) is 3.08. The van der Waals surface area contributed by atoms with E-state index in [9.17, 15) is 4.79 Å². The molecule has 3 rings (SSSR count). The molecule has 0 bridgehead atoms. The maximum Gasteiger partial charge on any atom is 0.276 e. The molecule has 1 aliphatic carbocycles. The second-order valence-electron chi connectivity index (χ2n) is 6.86. The van der Waals surface area contributed by atoms with Crippen LogP contribution in [0.2, 0.25) is 0 Å². The molecule has 1 aromatic heterocycles. The minimum Gasteiger partial charge on any atom is -0.382 e. The molecule has 0 radical (unpaired) electrons. The lowest BCUT2D eigenvalue weighted by Gasteiger charge is -2.26. The molecule has 1 fully saturated rings. The van der Waals surface area contributed by atoms with Crippen molar-refractivity contribution in [1.29, 1.82) is 0 Å². The van der Waals surface area contributed by atoms with Crippen molar-refractivity contribution in [3.63, 3.8) is 0 Å². The molecule has 0 aliphatic heterocycles. The van der Waals surface area contributed by atoms with Gasteiger partial charge in [-0.3, -0.25) is 9.69 Å². The summed E-state index contributed by atoms with van der Waals surface area (Å²) >= 11 is 0. The molecule has 1 heterocycles. The van der Waals surface area contributed by atoms with E-state index in [2.05, 4.69) is 22.2 Å². The maximum atomic E-state index is 12.6. The van der Waals surface area contributed by atoms with Crippen molar-refractivity contribution in [1.82, 2.24) is 15.0 Å². The average molecular weight is 343 g/mol. The fraction of sp³-hybridized carbons (Fsp3) is 0.474. The summed E-state index contributed by atoms with van der Waals surface area (Å²) < 4.78 is 10.6. The first-order chi connectivity index (χ1) is 12.0. The van der Waals surface area contributed by atoms with Crippen molar-refractivity contribution in [2.45, 2.75) is 31.5 Å². The van der Waals surface area contributed by atoms with Crippen molar-refractivity contribution < 1.29 is 14.1 Å². The van der Waals surface area contributed by atoms with Gasteiger partial charge in [0.05, 0.1) is 18.7 Å². The van der Waals surface area contributed by atoms with Gasteiger partial charge in [-0.25, -0.2) is 0 Å². The number of likely N-dealkylation sites (N-methyl/N-ethyl adjacent to an activating group) is 1. The molecule has 2 aromatic rings. The Morgan fingerprint density at radius 2 is 1.96 bits per heavy atom. The lowest BCUT2D eigenvalue weighted by Crippen LogP contribution is -2.42. The highest BCUT2D eigenvalue weighted by Crippen LogP contribution is 2.41. The summed E-state index contributed by atoms with van der Waals surface area (Å²) in [6.07, 6.45) is 1.93. The average Bonchev–Trinajstić information content (AvgIpc) is 3.24. The van der Waals surface area contributed by atoms with Crippen molar-refractivity contribution in [3.05, 3.63) is 53.4 Å². The van der Waals surface area contributed by atoms with Gasteiger partial charge in [-0.05, 0) is 25.5 Å². The minimum atomic E-state index is -0.172. The number of nitrogens with zero attached hydrogens (tertiary/aromatic N) is 3. The third-order valence-electron chi connectivity index (χ3n) is 4.76. The molecule has 6 nitrogen and oxygen atoms in total. The molecule has 0 saturated heterocycles. The Labute approximate surface area is 148 Å². The van der Waals surface area contributed by atoms with Crippen LogP contribution in [-0.4, -0.2) is 54.2 Å². The van der Waals surface area contributed by atoms with E-state index in [1.807, 2.05) is 32.3 Å². The molecule has 0 N–H and O–H groups in total. The fourth-order valence-corrected chi connectivity index (χ4v) is 3.08. The molecule has 134 valence electrons. The Balaban J connectivity index is 1.59. The summed E-state index contributed by atoms with van der Waals surface area (Å²) in [5.74, 6) is 0.571. The monoisotopic (exact) mass is 343 g/mol. The number of carbonyl (C=O) groups is 1. The van der Waals surface area contributed by atoms with Gasteiger partial charge in [0, 0.05) is 26.8 Å². The van der Waals surface area contributed by atoms with E-state index >= 15 is 0 Å². The van der Waals surface area contributed by atoms with Crippen LogP contribution in [0.15, 0.2) is 40.9 Å². The van der Waals surface area contributed by atoms with Gasteiger partial charge >= 0.3 is 0 Å². The van der Waals surface area contributed by atoms with Gasteiger partial charge in [-0.15, -0.1) is 0 Å². The lowest BCUT2D eigenvalue weighted by molar-refractivity contribution is 0.0542. The van der Waals surface area contributed by atoms with Crippen molar-refractivity contribution in [2.24, 2.45) is 0 Å². The summed E-state index contributed by atoms with van der Waals surface area (Å²) in [6.45, 7) is 1.96. The first kappa shape index (κ1) is 17.6. The van der Waals surface area contributed by atoms with Crippen molar-refractivity contribution >= 4 is 5.91 Å². The summed E-state index contributed by atoms with van der Waals surface area (Å²) in [4.78, 5) is 16.5. The lowest BCUT2D eigenvalue weighted by atomic mass is 10.2. The van der Waals surface area contributed by atoms with E-state index < -0.39 is 0 Å². The van der Waals surface area contributed by atoms with Crippen LogP contribution in [0.4, 0.5) is 0 Å². The number of hydrogen-bond donors (Lipinski definition) is 0. The predicted molar refractivity (Wildman–Crippen MR) is 94.1 cm³/mol. The summed E-state index contributed by atoms with van der Waals surface area (Å²) in [5, 5.41) is 3.97. The van der Waals surface area contributed by atoms with E-state index in [4.69, 9.17) is 9.26 Å². The zero-order chi connectivity index (χ0) is 17.9. The van der Waals surface area contributed by atoms with Crippen LogP contribution in [-0.2, 0) is 17.8 Å². The van der Waals surface area contributed by atoms with Crippen LogP contribution >= 0.6 is 0 Å². The topological polar surface area (TPSA) is 58.8 Å². The molecule has 6 heteroatoms. The molecular weight excluding hydrogens is 318 g/mol. The Bertz CT molecular complexity index is 710. The van der Waals surface area contributed by atoms with Crippen molar-refractivity contribution in [3.8, 4) is 0 Å². The number of hydrogen-bond acceptors (Lipinski definition) is 5. The zero-order valence-electron chi connectivity index (χ0n) is 15.1. The minimum absolute atomic E-state index is 0.115. The Kier molecular flexibility index (Phi) is 5.20. The largest absolute Gasteiger partial charge is 0.382 e. The second-order valence-corrected chi connectivity index (χ2v) is 6.86. The molecule has 1 saturated carbocycles. The van der Waals surface area contributed by atoms with E-state index in [1.165, 1.54) is 5.56 Å². The van der Waals surface area contributed by atoms with Gasteiger partial charge < -0.3 is 14.2 Å². The van der Waals surface area contributed by atoms with Gasteiger partial charge in [0.25, 0.3) is 5.91 Å². The van der Waals surface area contributed by atoms with Gasteiger partial charge in [0.15, 0.2) is 11.5 Å². The Morgan fingerprint density at radius 1 is 1.24 bits per heavy atom. The van der Waals surface area contributed by atoms with Gasteiger partial charge in [-0.1, -0.05) is 35.5 Å². The number of aromatic nitrogens is 1. The highest BCUT2D eigenvalue weighted by Gasteiger charge is 2.49. The third kappa shape index (κ3) is 4.08. The number of carbonyl (C=O) groups excluding carboxylic acids is 1. The van der Waals surface area contributed by atoms with Crippen LogP contribution in [0, 0.1) is 0 Å². The normalized spacial score (nSPS) is 15.4. The van der Waals surface area contributed by atoms with Crippen LogP contribution in [0.5, 0.6) is 0 Å². The van der Waals surface area contributed by atoms with Crippen LogP contribution in [0.1, 0.15) is 34.7 Å². The van der Waals surface area contributed by atoms with Crippen LogP contribution in [0.3, 0.4) is 0 Å². The van der Waals surface area contributed by atoms with Crippen LogP contribution < -0.4 is 0 Å². The SMILES string of the molecule is COCC1(N(C)C(=O)c2cc(CN(C)Cc3ccccc3)on2)CC1. The number of ether oxygens (including phenoxy) is 1. The first-order valence-electron chi connectivity index (χ1n) is 8.49.